The zero-order valence-corrected chi connectivity index (χ0v) is 17.7. The van der Waals surface area contributed by atoms with Crippen molar-refractivity contribution in [2.45, 2.75) is 96.6 Å². The van der Waals surface area contributed by atoms with Gasteiger partial charge in [0.25, 0.3) is 0 Å². The predicted octanol–water partition coefficient (Wildman–Crippen LogP) is 2.37. The Morgan fingerprint density at radius 1 is 1.07 bits per heavy atom. The van der Waals surface area contributed by atoms with Crippen LogP contribution in [0.2, 0.25) is 0 Å². The number of Topliss-reactive ketones (excluding diaryl/α,β-unsaturated/α-hetero) is 1. The molecule has 6 atom stereocenters. The lowest BCUT2D eigenvalue weighted by Crippen LogP contribution is -2.47. The highest BCUT2D eigenvalue weighted by Crippen LogP contribution is 2.36. The Balaban J connectivity index is 3.09. The van der Waals surface area contributed by atoms with E-state index in [9.17, 15) is 20.1 Å². The van der Waals surface area contributed by atoms with Crippen molar-refractivity contribution in [3.05, 3.63) is 11.6 Å². The van der Waals surface area contributed by atoms with Crippen molar-refractivity contribution in [2.24, 2.45) is 11.8 Å². The number of carbonyl (C=O) groups excluding carboxylic acids is 1. The van der Waals surface area contributed by atoms with E-state index in [0.29, 0.717) is 17.9 Å². The molecule has 6 unspecified atom stereocenters. The average molecular weight is 401 g/mol. The van der Waals surface area contributed by atoms with Crippen LogP contribution in [0.1, 0.15) is 72.1 Å². The first-order chi connectivity index (χ1) is 13.4. The summed E-state index contributed by atoms with van der Waals surface area (Å²) in [5.74, 6) is 0.460. The SMILES string of the molecule is CCCCCC1CC(=O)C(C(OCCO)C(O)C(O)C(C)O)=CC1CCCC. The molecule has 0 saturated carbocycles. The van der Waals surface area contributed by atoms with E-state index in [2.05, 4.69) is 13.8 Å². The standard InChI is InChI=1S/C22H40O6/c1-4-6-8-10-17-14-19(25)18(13-16(17)9-7-5-2)22(28-12-11-23)21(27)20(26)15(3)24/h13,15-17,20-24,26-27H,4-12,14H2,1-3H3. The molecule has 1 rings (SSSR count). The second-order valence-corrected chi connectivity index (χ2v) is 8.05. The van der Waals surface area contributed by atoms with Gasteiger partial charge in [-0.3, -0.25) is 4.79 Å². The highest BCUT2D eigenvalue weighted by atomic mass is 16.5. The number of aliphatic hydroxyl groups is 4. The number of ketones is 1. The molecule has 1 aliphatic rings. The van der Waals surface area contributed by atoms with Crippen molar-refractivity contribution >= 4 is 5.78 Å². The number of hydrogen-bond donors (Lipinski definition) is 4. The van der Waals surface area contributed by atoms with Gasteiger partial charge < -0.3 is 25.2 Å². The summed E-state index contributed by atoms with van der Waals surface area (Å²) in [7, 11) is 0. The van der Waals surface area contributed by atoms with E-state index in [1.54, 1.807) is 0 Å². The third-order valence-corrected chi connectivity index (χ3v) is 5.69. The Morgan fingerprint density at radius 3 is 2.32 bits per heavy atom. The van der Waals surface area contributed by atoms with Crippen molar-refractivity contribution < 1.29 is 30.0 Å². The van der Waals surface area contributed by atoms with Gasteiger partial charge in [0.05, 0.1) is 19.3 Å². The third kappa shape index (κ3) is 7.56. The van der Waals surface area contributed by atoms with E-state index in [4.69, 9.17) is 9.84 Å². The second kappa shape index (κ2) is 13.4. The predicted molar refractivity (Wildman–Crippen MR) is 109 cm³/mol. The number of ether oxygens (including phenoxy) is 1. The van der Waals surface area contributed by atoms with Gasteiger partial charge in [-0.25, -0.2) is 0 Å². The highest BCUT2D eigenvalue weighted by molar-refractivity contribution is 5.97. The van der Waals surface area contributed by atoms with Crippen LogP contribution >= 0.6 is 0 Å². The van der Waals surface area contributed by atoms with Crippen molar-refractivity contribution in [3.63, 3.8) is 0 Å². The molecule has 0 bridgehead atoms. The zero-order chi connectivity index (χ0) is 21.1. The van der Waals surface area contributed by atoms with Gasteiger partial charge in [-0.05, 0) is 31.6 Å². The molecule has 0 aliphatic heterocycles. The summed E-state index contributed by atoms with van der Waals surface area (Å²) in [6.45, 7) is 5.37. The first-order valence-electron chi connectivity index (χ1n) is 10.9. The van der Waals surface area contributed by atoms with E-state index >= 15 is 0 Å². The molecular formula is C22H40O6. The van der Waals surface area contributed by atoms with Crippen LogP contribution in [0.15, 0.2) is 11.6 Å². The van der Waals surface area contributed by atoms with Crippen LogP contribution in [0.3, 0.4) is 0 Å². The number of aliphatic hydroxyl groups excluding tert-OH is 4. The van der Waals surface area contributed by atoms with E-state index in [-0.39, 0.29) is 24.9 Å². The quantitative estimate of drug-likeness (QED) is 0.334. The largest absolute Gasteiger partial charge is 0.394 e. The minimum atomic E-state index is -1.44. The molecule has 4 N–H and O–H groups in total. The molecule has 0 aromatic rings. The Bertz CT molecular complexity index is 476. The molecule has 28 heavy (non-hydrogen) atoms. The summed E-state index contributed by atoms with van der Waals surface area (Å²) < 4.78 is 5.56. The van der Waals surface area contributed by atoms with E-state index in [1.807, 2.05) is 6.08 Å². The molecule has 0 aromatic carbocycles. The van der Waals surface area contributed by atoms with E-state index in [1.165, 1.54) is 6.92 Å². The maximum atomic E-state index is 12.9. The number of allylic oxidation sites excluding steroid dienone is 1. The number of carbonyl (C=O) groups is 1. The van der Waals surface area contributed by atoms with Crippen molar-refractivity contribution in [1.29, 1.82) is 0 Å². The van der Waals surface area contributed by atoms with Crippen LogP contribution < -0.4 is 0 Å². The fraction of sp³-hybridized carbons (Fsp3) is 0.864. The van der Waals surface area contributed by atoms with Crippen LogP contribution in [0.5, 0.6) is 0 Å². The summed E-state index contributed by atoms with van der Waals surface area (Å²) in [5, 5.41) is 39.4. The smallest absolute Gasteiger partial charge is 0.161 e. The number of hydrogen-bond acceptors (Lipinski definition) is 6. The number of rotatable bonds is 14. The molecule has 0 aromatic heterocycles. The summed E-state index contributed by atoms with van der Waals surface area (Å²) in [6, 6.07) is 0. The highest BCUT2D eigenvalue weighted by Gasteiger charge is 2.39. The van der Waals surface area contributed by atoms with Gasteiger partial charge in [0.1, 0.15) is 18.3 Å². The Morgan fingerprint density at radius 2 is 1.75 bits per heavy atom. The molecule has 0 radical (unpaired) electrons. The minimum absolute atomic E-state index is 0.0571. The molecular weight excluding hydrogens is 360 g/mol. The molecule has 0 heterocycles. The fourth-order valence-corrected chi connectivity index (χ4v) is 3.97. The van der Waals surface area contributed by atoms with Gasteiger partial charge in [-0.2, -0.15) is 0 Å². The lowest BCUT2D eigenvalue weighted by atomic mass is 9.73. The minimum Gasteiger partial charge on any atom is -0.394 e. The molecule has 0 saturated heterocycles. The molecule has 1 aliphatic carbocycles. The molecule has 0 spiro atoms. The van der Waals surface area contributed by atoms with Crippen LogP contribution in [0.4, 0.5) is 0 Å². The third-order valence-electron chi connectivity index (χ3n) is 5.69. The van der Waals surface area contributed by atoms with Gasteiger partial charge in [0, 0.05) is 12.0 Å². The van der Waals surface area contributed by atoms with Gasteiger partial charge in [-0.15, -0.1) is 0 Å². The fourth-order valence-electron chi connectivity index (χ4n) is 3.97. The van der Waals surface area contributed by atoms with Gasteiger partial charge >= 0.3 is 0 Å². The van der Waals surface area contributed by atoms with Crippen LogP contribution in [0, 0.1) is 11.8 Å². The molecule has 6 heteroatoms. The Hall–Kier alpha value is -0.790. The lowest BCUT2D eigenvalue weighted by molar-refractivity contribution is -0.128. The summed E-state index contributed by atoms with van der Waals surface area (Å²) in [4.78, 5) is 12.9. The van der Waals surface area contributed by atoms with Gasteiger partial charge in [0.15, 0.2) is 5.78 Å². The molecule has 0 amide bonds. The number of unbranched alkanes of at least 4 members (excludes halogenated alkanes) is 3. The second-order valence-electron chi connectivity index (χ2n) is 8.05. The van der Waals surface area contributed by atoms with Gasteiger partial charge in [-0.1, -0.05) is 52.0 Å². The average Bonchev–Trinajstić information content (AvgIpc) is 2.67. The normalized spacial score (nSPS) is 24.5. The molecule has 6 nitrogen and oxygen atoms in total. The van der Waals surface area contributed by atoms with Gasteiger partial charge in [0.2, 0.25) is 0 Å². The van der Waals surface area contributed by atoms with Crippen molar-refractivity contribution in [3.8, 4) is 0 Å². The first-order valence-corrected chi connectivity index (χ1v) is 10.9. The molecule has 0 fully saturated rings. The Labute approximate surface area is 169 Å². The maximum Gasteiger partial charge on any atom is 0.161 e. The lowest BCUT2D eigenvalue weighted by Gasteiger charge is -2.35. The summed E-state index contributed by atoms with van der Waals surface area (Å²) >= 11 is 0. The monoisotopic (exact) mass is 400 g/mol. The first kappa shape index (κ1) is 25.2. The van der Waals surface area contributed by atoms with Crippen molar-refractivity contribution in [1.82, 2.24) is 0 Å². The zero-order valence-electron chi connectivity index (χ0n) is 17.7. The topological polar surface area (TPSA) is 107 Å². The van der Waals surface area contributed by atoms with E-state index in [0.717, 1.165) is 44.9 Å². The van der Waals surface area contributed by atoms with Crippen LogP contribution in [-0.4, -0.2) is 63.8 Å². The van der Waals surface area contributed by atoms with Crippen LogP contribution in [-0.2, 0) is 9.53 Å². The van der Waals surface area contributed by atoms with Crippen molar-refractivity contribution in [2.75, 3.05) is 13.2 Å². The summed E-state index contributed by atoms with van der Waals surface area (Å²) in [6.07, 6.45) is 4.79. The Kier molecular flexibility index (Phi) is 12.1. The molecule has 164 valence electrons. The van der Waals surface area contributed by atoms with Crippen LogP contribution in [0.25, 0.3) is 0 Å². The summed E-state index contributed by atoms with van der Waals surface area (Å²) in [5.41, 5.74) is 0.369. The maximum absolute atomic E-state index is 12.9. The van der Waals surface area contributed by atoms with E-state index < -0.39 is 24.4 Å².